The normalized spacial score (nSPS) is 20.5. The lowest BCUT2D eigenvalue weighted by Crippen LogP contribution is -2.38. The monoisotopic (exact) mass is 308 g/mol. The molecule has 3 N–H and O–H groups in total. The van der Waals surface area contributed by atoms with Crippen LogP contribution in [0.4, 0.5) is 0 Å². The molecule has 6 nitrogen and oxygen atoms in total. The molecule has 0 radical (unpaired) electrons. The lowest BCUT2D eigenvalue weighted by atomic mass is 10.0. The Hall–Kier alpha value is -1.95. The molecular formula is C16H24N2O4. The molecule has 1 fully saturated rings. The van der Waals surface area contributed by atoms with E-state index in [2.05, 4.69) is 5.32 Å². The van der Waals surface area contributed by atoms with Gasteiger partial charge in [-0.2, -0.15) is 0 Å². The van der Waals surface area contributed by atoms with Gasteiger partial charge in [0, 0.05) is 24.2 Å². The van der Waals surface area contributed by atoms with Gasteiger partial charge in [0.15, 0.2) is 11.5 Å². The van der Waals surface area contributed by atoms with Crippen LogP contribution in [0, 0.1) is 5.92 Å². The van der Waals surface area contributed by atoms with Gasteiger partial charge in [0.2, 0.25) is 5.91 Å². The first-order valence-corrected chi connectivity index (χ1v) is 7.42. The van der Waals surface area contributed by atoms with E-state index < -0.39 is 0 Å². The molecule has 22 heavy (non-hydrogen) atoms. The molecule has 1 saturated carbocycles. The summed E-state index contributed by atoms with van der Waals surface area (Å²) in [5.74, 6) is 1.75. The minimum atomic E-state index is -0.0915. The topological polar surface area (TPSA) is 82.8 Å². The zero-order chi connectivity index (χ0) is 16.1. The van der Waals surface area contributed by atoms with E-state index in [1.807, 2.05) is 6.07 Å². The molecule has 6 heteroatoms. The Bertz CT molecular complexity index is 533. The molecule has 2 rings (SSSR count). The van der Waals surface area contributed by atoms with Gasteiger partial charge >= 0.3 is 0 Å². The Morgan fingerprint density at radius 2 is 1.77 bits per heavy atom. The first-order chi connectivity index (χ1) is 10.6. The standard InChI is InChI=1S/C16H24N2O4/c1-20-13-8-15(22-3)14(21-2)7-10(13)9-18-16(19)11-5-4-6-12(11)17/h7-8,11-12H,4-6,9,17H2,1-3H3,(H,18,19). The molecule has 0 saturated heterocycles. The van der Waals surface area contributed by atoms with Gasteiger partial charge in [-0.1, -0.05) is 6.42 Å². The van der Waals surface area contributed by atoms with Crippen LogP contribution in [-0.2, 0) is 11.3 Å². The summed E-state index contributed by atoms with van der Waals surface area (Å²) in [4.78, 5) is 12.2. The second-order valence-electron chi connectivity index (χ2n) is 5.44. The van der Waals surface area contributed by atoms with Gasteiger partial charge in [-0.3, -0.25) is 4.79 Å². The summed E-state index contributed by atoms with van der Waals surface area (Å²) in [5, 5.41) is 2.94. The van der Waals surface area contributed by atoms with Crippen LogP contribution < -0.4 is 25.3 Å². The summed E-state index contributed by atoms with van der Waals surface area (Å²) in [5.41, 5.74) is 6.80. The van der Waals surface area contributed by atoms with Crippen molar-refractivity contribution in [2.24, 2.45) is 11.7 Å². The van der Waals surface area contributed by atoms with E-state index in [1.54, 1.807) is 27.4 Å². The molecule has 0 aromatic heterocycles. The first-order valence-electron chi connectivity index (χ1n) is 7.42. The highest BCUT2D eigenvalue weighted by atomic mass is 16.5. The maximum Gasteiger partial charge on any atom is 0.224 e. The SMILES string of the molecule is COc1cc(OC)c(OC)cc1CNC(=O)C1CCCC1N. The van der Waals surface area contributed by atoms with E-state index in [1.165, 1.54) is 0 Å². The Morgan fingerprint density at radius 1 is 1.14 bits per heavy atom. The lowest BCUT2D eigenvalue weighted by Gasteiger charge is -2.17. The number of hydrogen-bond donors (Lipinski definition) is 2. The second-order valence-corrected chi connectivity index (χ2v) is 5.44. The van der Waals surface area contributed by atoms with E-state index in [0.717, 1.165) is 24.8 Å². The minimum Gasteiger partial charge on any atom is -0.496 e. The van der Waals surface area contributed by atoms with E-state index in [-0.39, 0.29) is 17.9 Å². The van der Waals surface area contributed by atoms with Crippen LogP contribution in [0.2, 0.25) is 0 Å². The van der Waals surface area contributed by atoms with Gasteiger partial charge in [-0.15, -0.1) is 0 Å². The van der Waals surface area contributed by atoms with Gasteiger partial charge in [-0.25, -0.2) is 0 Å². The highest BCUT2D eigenvalue weighted by Gasteiger charge is 2.30. The average molecular weight is 308 g/mol. The highest BCUT2D eigenvalue weighted by Crippen LogP contribution is 2.34. The lowest BCUT2D eigenvalue weighted by molar-refractivity contribution is -0.125. The summed E-state index contributed by atoms with van der Waals surface area (Å²) < 4.78 is 15.9. The predicted octanol–water partition coefficient (Wildman–Crippen LogP) is 1.46. The summed E-state index contributed by atoms with van der Waals surface area (Å²) in [7, 11) is 4.73. The number of carbonyl (C=O) groups is 1. The quantitative estimate of drug-likeness (QED) is 0.831. The molecule has 1 aromatic rings. The van der Waals surface area contributed by atoms with Crippen molar-refractivity contribution in [2.75, 3.05) is 21.3 Å². The predicted molar refractivity (Wildman–Crippen MR) is 83.3 cm³/mol. The van der Waals surface area contributed by atoms with Gasteiger partial charge < -0.3 is 25.3 Å². The second kappa shape index (κ2) is 7.35. The van der Waals surface area contributed by atoms with E-state index in [9.17, 15) is 4.79 Å². The molecule has 1 amide bonds. The molecule has 0 heterocycles. The molecular weight excluding hydrogens is 284 g/mol. The van der Waals surface area contributed by atoms with Crippen LogP contribution in [-0.4, -0.2) is 33.3 Å². The molecule has 0 bridgehead atoms. The number of nitrogens with one attached hydrogen (secondary N) is 1. The molecule has 1 aromatic carbocycles. The van der Waals surface area contributed by atoms with E-state index >= 15 is 0 Å². The molecule has 2 atom stereocenters. The van der Waals surface area contributed by atoms with Crippen LogP contribution in [0.5, 0.6) is 17.2 Å². The third kappa shape index (κ3) is 3.44. The van der Waals surface area contributed by atoms with Crippen molar-refractivity contribution in [3.05, 3.63) is 17.7 Å². The minimum absolute atomic E-state index is 0.00170. The summed E-state index contributed by atoms with van der Waals surface area (Å²) in [6.07, 6.45) is 2.78. The molecule has 1 aliphatic carbocycles. The van der Waals surface area contributed by atoms with Crippen molar-refractivity contribution in [3.8, 4) is 17.2 Å². The Labute approximate surface area is 130 Å². The van der Waals surface area contributed by atoms with Crippen molar-refractivity contribution in [3.63, 3.8) is 0 Å². The van der Waals surface area contributed by atoms with E-state index in [4.69, 9.17) is 19.9 Å². The summed E-state index contributed by atoms with van der Waals surface area (Å²) >= 11 is 0. The maximum atomic E-state index is 12.2. The zero-order valence-corrected chi connectivity index (χ0v) is 13.3. The number of hydrogen-bond acceptors (Lipinski definition) is 5. The van der Waals surface area contributed by atoms with Gasteiger partial charge in [0.1, 0.15) is 5.75 Å². The number of amides is 1. The van der Waals surface area contributed by atoms with Crippen molar-refractivity contribution < 1.29 is 19.0 Å². The number of carbonyl (C=O) groups excluding carboxylic acids is 1. The number of nitrogens with two attached hydrogens (primary N) is 1. The number of ether oxygens (including phenoxy) is 3. The van der Waals surface area contributed by atoms with Crippen molar-refractivity contribution in [1.82, 2.24) is 5.32 Å². The zero-order valence-electron chi connectivity index (χ0n) is 13.3. The number of rotatable bonds is 6. The number of methoxy groups -OCH3 is 3. The first kappa shape index (κ1) is 16.4. The van der Waals surface area contributed by atoms with E-state index in [0.29, 0.717) is 23.8 Å². The smallest absolute Gasteiger partial charge is 0.224 e. The largest absolute Gasteiger partial charge is 0.496 e. The molecule has 122 valence electrons. The van der Waals surface area contributed by atoms with Crippen LogP contribution >= 0.6 is 0 Å². The Morgan fingerprint density at radius 3 is 2.32 bits per heavy atom. The Kier molecular flexibility index (Phi) is 5.49. The third-order valence-corrected chi connectivity index (χ3v) is 4.15. The van der Waals surface area contributed by atoms with Gasteiger partial charge in [-0.05, 0) is 18.9 Å². The molecule has 2 unspecified atom stereocenters. The van der Waals surface area contributed by atoms with Crippen molar-refractivity contribution >= 4 is 5.91 Å². The van der Waals surface area contributed by atoms with Gasteiger partial charge in [0.25, 0.3) is 0 Å². The van der Waals surface area contributed by atoms with Crippen LogP contribution in [0.3, 0.4) is 0 Å². The molecule has 0 spiro atoms. The maximum absolute atomic E-state index is 12.2. The fraction of sp³-hybridized carbons (Fsp3) is 0.562. The van der Waals surface area contributed by atoms with Crippen molar-refractivity contribution in [1.29, 1.82) is 0 Å². The van der Waals surface area contributed by atoms with Crippen molar-refractivity contribution in [2.45, 2.75) is 31.8 Å². The van der Waals surface area contributed by atoms with Crippen LogP contribution in [0.1, 0.15) is 24.8 Å². The molecule has 1 aliphatic rings. The summed E-state index contributed by atoms with van der Waals surface area (Å²) in [6, 6.07) is 3.53. The fourth-order valence-corrected chi connectivity index (χ4v) is 2.86. The number of benzene rings is 1. The highest BCUT2D eigenvalue weighted by molar-refractivity contribution is 5.79. The fourth-order valence-electron chi connectivity index (χ4n) is 2.86. The summed E-state index contributed by atoms with van der Waals surface area (Å²) in [6.45, 7) is 0.367. The third-order valence-electron chi connectivity index (χ3n) is 4.15. The average Bonchev–Trinajstić information content (AvgIpc) is 2.97. The van der Waals surface area contributed by atoms with Crippen LogP contribution in [0.25, 0.3) is 0 Å². The van der Waals surface area contributed by atoms with Crippen LogP contribution in [0.15, 0.2) is 12.1 Å². The molecule has 0 aliphatic heterocycles. The Balaban J connectivity index is 2.09. The van der Waals surface area contributed by atoms with Gasteiger partial charge in [0.05, 0.1) is 27.2 Å².